The van der Waals surface area contributed by atoms with Crippen molar-refractivity contribution in [3.05, 3.63) is 27.7 Å². The summed E-state index contributed by atoms with van der Waals surface area (Å²) in [4.78, 5) is 11.3. The molecule has 0 aromatic heterocycles. The van der Waals surface area contributed by atoms with Gasteiger partial charge in [-0.2, -0.15) is 0 Å². The van der Waals surface area contributed by atoms with Gasteiger partial charge in [-0.25, -0.2) is 13.2 Å². The van der Waals surface area contributed by atoms with Gasteiger partial charge in [-0.15, -0.1) is 0 Å². The first-order valence-electron chi connectivity index (χ1n) is 5.23. The Balaban J connectivity index is 3.18. The normalized spacial score (nSPS) is 11.7. The van der Waals surface area contributed by atoms with Crippen LogP contribution in [0.4, 0.5) is 0 Å². The van der Waals surface area contributed by atoms with E-state index in [0.717, 1.165) is 6.07 Å². The summed E-state index contributed by atoms with van der Waals surface area (Å²) in [7, 11) is 1.12. The first kappa shape index (κ1) is 16.6. The topological polar surface area (TPSA) is 60.4 Å². The molecule has 8 heteroatoms. The van der Waals surface area contributed by atoms with Crippen LogP contribution in [0.15, 0.2) is 17.0 Å². The Labute approximate surface area is 126 Å². The van der Waals surface area contributed by atoms with E-state index in [2.05, 4.69) is 0 Å². The Morgan fingerprint density at radius 1 is 1.32 bits per heavy atom. The van der Waals surface area contributed by atoms with Crippen LogP contribution in [0.25, 0.3) is 0 Å². The summed E-state index contributed by atoms with van der Waals surface area (Å²) < 4.78 is 27.6. The van der Waals surface area contributed by atoms with E-state index in [-0.39, 0.29) is 28.1 Å². The summed E-state index contributed by atoms with van der Waals surface area (Å²) in [6.07, 6.45) is 0. The lowest BCUT2D eigenvalue weighted by Gasteiger charge is -2.09. The molecule has 1 aromatic rings. The third-order valence-electron chi connectivity index (χ3n) is 2.04. The van der Waals surface area contributed by atoms with Gasteiger partial charge in [-0.3, -0.25) is 0 Å². The van der Waals surface area contributed by atoms with E-state index in [1.54, 1.807) is 0 Å². The van der Waals surface area contributed by atoms with Crippen molar-refractivity contribution < 1.29 is 17.9 Å². The molecule has 106 valence electrons. The van der Waals surface area contributed by atoms with Gasteiger partial charge in [-0.1, -0.05) is 37.0 Å². The molecule has 0 unspecified atom stereocenters. The van der Waals surface area contributed by atoms with Crippen molar-refractivity contribution in [1.82, 2.24) is 0 Å². The van der Waals surface area contributed by atoms with Crippen LogP contribution in [-0.4, -0.2) is 21.0 Å². The molecule has 0 aliphatic rings. The molecule has 0 heterocycles. The van der Waals surface area contributed by atoms with Crippen molar-refractivity contribution in [2.24, 2.45) is 5.92 Å². The Morgan fingerprint density at radius 2 is 1.89 bits per heavy atom. The van der Waals surface area contributed by atoms with Gasteiger partial charge < -0.3 is 4.74 Å². The highest BCUT2D eigenvalue weighted by atomic mass is 35.7. The summed E-state index contributed by atoms with van der Waals surface area (Å²) in [6, 6.07) is 2.28. The van der Waals surface area contributed by atoms with Crippen LogP contribution in [0.5, 0.6) is 0 Å². The summed E-state index contributed by atoms with van der Waals surface area (Å²) in [6.45, 7) is 3.95. The number of halogens is 3. The minimum absolute atomic E-state index is 0.0192. The zero-order valence-electron chi connectivity index (χ0n) is 10.1. The standard InChI is InChI=1S/C11H11Cl3O4S/c1-6(2)5-18-11(15)7-3-8(12)10(13)9(4-7)19(14,16)17/h3-4,6H,5H2,1-2H3. The molecule has 0 spiro atoms. The third-order valence-corrected chi connectivity index (χ3v) is 4.30. The van der Waals surface area contributed by atoms with Gasteiger partial charge in [0, 0.05) is 10.7 Å². The second-order valence-corrected chi connectivity index (χ2v) is 7.52. The predicted molar refractivity (Wildman–Crippen MR) is 74.6 cm³/mol. The van der Waals surface area contributed by atoms with Gasteiger partial charge >= 0.3 is 5.97 Å². The maximum atomic E-state index is 11.7. The van der Waals surface area contributed by atoms with Crippen LogP contribution in [0.3, 0.4) is 0 Å². The van der Waals surface area contributed by atoms with Gasteiger partial charge in [0.25, 0.3) is 9.05 Å². The fourth-order valence-corrected chi connectivity index (χ4v) is 2.95. The largest absolute Gasteiger partial charge is 0.462 e. The lowest BCUT2D eigenvalue weighted by molar-refractivity contribution is 0.0458. The first-order chi connectivity index (χ1) is 8.62. The van der Waals surface area contributed by atoms with Crippen LogP contribution in [0.2, 0.25) is 10.0 Å². The van der Waals surface area contributed by atoms with Gasteiger partial charge in [0.2, 0.25) is 0 Å². The number of benzene rings is 1. The minimum atomic E-state index is -4.10. The summed E-state index contributed by atoms with van der Waals surface area (Å²) in [5.74, 6) is -0.531. The Bertz CT molecular complexity index is 596. The van der Waals surface area contributed by atoms with Crippen molar-refractivity contribution in [2.45, 2.75) is 18.7 Å². The SMILES string of the molecule is CC(C)COC(=O)c1cc(Cl)c(Cl)c(S(=O)(=O)Cl)c1. The number of esters is 1. The maximum Gasteiger partial charge on any atom is 0.338 e. The van der Waals surface area contributed by atoms with Crippen LogP contribution < -0.4 is 0 Å². The second kappa shape index (κ2) is 6.31. The molecule has 0 saturated heterocycles. The quantitative estimate of drug-likeness (QED) is 0.616. The molecule has 4 nitrogen and oxygen atoms in total. The molecule has 19 heavy (non-hydrogen) atoms. The molecule has 0 amide bonds. The molecule has 0 fully saturated rings. The van der Waals surface area contributed by atoms with E-state index in [4.69, 9.17) is 38.6 Å². The molecule has 1 rings (SSSR count). The van der Waals surface area contributed by atoms with Crippen molar-refractivity contribution in [1.29, 1.82) is 0 Å². The molecular formula is C11H11Cl3O4S. The highest BCUT2D eigenvalue weighted by molar-refractivity contribution is 8.13. The molecule has 0 N–H and O–H groups in total. The maximum absolute atomic E-state index is 11.7. The van der Waals surface area contributed by atoms with E-state index in [1.165, 1.54) is 6.07 Å². The number of carbonyl (C=O) groups excluding carboxylic acids is 1. The monoisotopic (exact) mass is 344 g/mol. The van der Waals surface area contributed by atoms with E-state index in [9.17, 15) is 13.2 Å². The molecule has 0 atom stereocenters. The average molecular weight is 346 g/mol. The Hall–Kier alpha value is -0.490. The number of ether oxygens (including phenoxy) is 1. The minimum Gasteiger partial charge on any atom is -0.462 e. The van der Waals surface area contributed by atoms with Crippen LogP contribution in [0.1, 0.15) is 24.2 Å². The van der Waals surface area contributed by atoms with E-state index in [0.29, 0.717) is 0 Å². The number of hydrogen-bond donors (Lipinski definition) is 0. The van der Waals surface area contributed by atoms with Crippen LogP contribution in [0, 0.1) is 5.92 Å². The highest BCUT2D eigenvalue weighted by Crippen LogP contribution is 2.33. The molecule has 1 aromatic carbocycles. The third kappa shape index (κ3) is 4.53. The van der Waals surface area contributed by atoms with Gasteiger partial charge in [0.15, 0.2) is 0 Å². The van der Waals surface area contributed by atoms with Gasteiger partial charge in [0.1, 0.15) is 4.90 Å². The van der Waals surface area contributed by atoms with Crippen molar-refractivity contribution in [3.8, 4) is 0 Å². The van der Waals surface area contributed by atoms with Crippen LogP contribution in [-0.2, 0) is 13.8 Å². The average Bonchev–Trinajstić information content (AvgIpc) is 2.27. The fraction of sp³-hybridized carbons (Fsp3) is 0.364. The molecule has 0 aliphatic heterocycles. The Morgan fingerprint density at radius 3 is 2.37 bits per heavy atom. The molecular weight excluding hydrogens is 335 g/mol. The van der Waals surface area contributed by atoms with Crippen molar-refractivity contribution >= 4 is 48.9 Å². The van der Waals surface area contributed by atoms with E-state index >= 15 is 0 Å². The van der Waals surface area contributed by atoms with Gasteiger partial charge in [0.05, 0.1) is 22.2 Å². The zero-order chi connectivity index (χ0) is 14.8. The molecule has 0 bridgehead atoms. The lowest BCUT2D eigenvalue weighted by Crippen LogP contribution is -2.11. The zero-order valence-corrected chi connectivity index (χ0v) is 13.2. The molecule has 0 radical (unpaired) electrons. The van der Waals surface area contributed by atoms with Crippen molar-refractivity contribution in [2.75, 3.05) is 6.61 Å². The summed E-state index contributed by atoms with van der Waals surface area (Å²) >= 11 is 11.5. The van der Waals surface area contributed by atoms with E-state index in [1.807, 2.05) is 13.8 Å². The fourth-order valence-electron chi connectivity index (χ4n) is 1.18. The molecule has 0 saturated carbocycles. The molecule has 0 aliphatic carbocycles. The van der Waals surface area contributed by atoms with E-state index < -0.39 is 19.9 Å². The highest BCUT2D eigenvalue weighted by Gasteiger charge is 2.21. The van der Waals surface area contributed by atoms with Crippen LogP contribution >= 0.6 is 33.9 Å². The smallest absolute Gasteiger partial charge is 0.338 e. The second-order valence-electron chi connectivity index (χ2n) is 4.20. The summed E-state index contributed by atoms with van der Waals surface area (Å²) in [5, 5.41) is -0.308. The van der Waals surface area contributed by atoms with Crippen molar-refractivity contribution in [3.63, 3.8) is 0 Å². The lowest BCUT2D eigenvalue weighted by atomic mass is 10.2. The summed E-state index contributed by atoms with van der Waals surface area (Å²) in [5.41, 5.74) is -0.0192. The first-order valence-corrected chi connectivity index (χ1v) is 8.30. The number of hydrogen-bond acceptors (Lipinski definition) is 4. The predicted octanol–water partition coefficient (Wildman–Crippen LogP) is 3.73. The number of rotatable bonds is 4. The van der Waals surface area contributed by atoms with Gasteiger partial charge in [-0.05, 0) is 18.1 Å². The Kier molecular flexibility index (Phi) is 5.50. The number of carbonyl (C=O) groups is 1.